The molecule has 0 bridgehead atoms. The van der Waals surface area contributed by atoms with Crippen LogP contribution in [0, 0.1) is 13.8 Å². The van der Waals surface area contributed by atoms with Crippen LogP contribution in [0.1, 0.15) is 31.8 Å². The van der Waals surface area contributed by atoms with Crippen molar-refractivity contribution in [1.29, 1.82) is 0 Å². The third-order valence-corrected chi connectivity index (χ3v) is 3.73. The highest BCUT2D eigenvalue weighted by atomic mass is 16.5. The maximum absolute atomic E-state index is 12.3. The molecule has 0 aliphatic carbocycles. The van der Waals surface area contributed by atoms with E-state index in [1.54, 1.807) is 0 Å². The van der Waals surface area contributed by atoms with Crippen molar-refractivity contribution >= 4 is 29.2 Å². The minimum absolute atomic E-state index is 0.0267. The summed E-state index contributed by atoms with van der Waals surface area (Å²) in [6, 6.07) is 10.1. The zero-order valence-electron chi connectivity index (χ0n) is 15.7. The van der Waals surface area contributed by atoms with E-state index in [-0.39, 0.29) is 23.6 Å². The van der Waals surface area contributed by atoms with Crippen molar-refractivity contribution in [2.24, 2.45) is 0 Å². The van der Waals surface area contributed by atoms with Gasteiger partial charge in [-0.15, -0.1) is 0 Å². The quantitative estimate of drug-likeness (QED) is 0.760. The summed E-state index contributed by atoms with van der Waals surface area (Å²) in [5.74, 6) is -1.57. The largest absolute Gasteiger partial charge is 0.465 e. The molecule has 0 fully saturated rings. The monoisotopic (exact) mass is 370 g/mol. The lowest BCUT2D eigenvalue weighted by Crippen LogP contribution is -2.22. The number of esters is 2. The van der Waals surface area contributed by atoms with Crippen LogP contribution in [0.4, 0.5) is 11.4 Å². The van der Waals surface area contributed by atoms with Crippen molar-refractivity contribution in [3.63, 3.8) is 0 Å². The molecule has 7 nitrogen and oxygen atoms in total. The van der Waals surface area contributed by atoms with Crippen LogP contribution in [-0.4, -0.2) is 38.6 Å². The number of hydrogen-bond acceptors (Lipinski definition) is 6. The number of carbonyl (C=O) groups is 3. The number of rotatable bonds is 6. The number of anilines is 2. The molecule has 0 saturated heterocycles. The fourth-order valence-electron chi connectivity index (χ4n) is 2.64. The van der Waals surface area contributed by atoms with E-state index in [0.717, 1.165) is 16.8 Å². The smallest absolute Gasteiger partial charge is 0.337 e. The van der Waals surface area contributed by atoms with E-state index in [0.29, 0.717) is 5.69 Å². The fraction of sp³-hybridized carbons (Fsp3) is 0.250. The van der Waals surface area contributed by atoms with Crippen molar-refractivity contribution in [3.8, 4) is 0 Å². The van der Waals surface area contributed by atoms with Gasteiger partial charge in [0.1, 0.15) is 0 Å². The molecule has 0 aliphatic heterocycles. The second-order valence-corrected chi connectivity index (χ2v) is 6.06. The van der Waals surface area contributed by atoms with Crippen LogP contribution in [0.25, 0.3) is 0 Å². The van der Waals surface area contributed by atoms with Gasteiger partial charge >= 0.3 is 11.9 Å². The molecule has 2 N–H and O–H groups in total. The summed E-state index contributed by atoms with van der Waals surface area (Å²) in [5.41, 5.74) is 3.58. The highest BCUT2D eigenvalue weighted by Gasteiger charge is 2.15. The molecular weight excluding hydrogens is 348 g/mol. The Bertz CT molecular complexity index is 822. The van der Waals surface area contributed by atoms with Gasteiger partial charge in [-0.3, -0.25) is 4.79 Å². The Hall–Kier alpha value is -3.35. The zero-order valence-corrected chi connectivity index (χ0v) is 15.7. The van der Waals surface area contributed by atoms with Crippen LogP contribution in [0.3, 0.4) is 0 Å². The summed E-state index contributed by atoms with van der Waals surface area (Å²) in [4.78, 5) is 35.8. The Morgan fingerprint density at radius 3 is 1.78 bits per heavy atom. The van der Waals surface area contributed by atoms with Crippen LogP contribution >= 0.6 is 0 Å². The van der Waals surface area contributed by atoms with Gasteiger partial charge in [-0.05, 0) is 55.3 Å². The van der Waals surface area contributed by atoms with E-state index in [4.69, 9.17) is 0 Å². The van der Waals surface area contributed by atoms with Gasteiger partial charge in [0.05, 0.1) is 31.9 Å². The van der Waals surface area contributed by atoms with E-state index in [9.17, 15) is 14.4 Å². The molecule has 27 heavy (non-hydrogen) atoms. The van der Waals surface area contributed by atoms with E-state index in [1.165, 1.54) is 32.4 Å². The molecule has 0 spiro atoms. The molecule has 1 amide bonds. The molecule has 0 aliphatic rings. The van der Waals surface area contributed by atoms with Crippen LogP contribution in [0.15, 0.2) is 36.4 Å². The average molecular weight is 370 g/mol. The minimum atomic E-state index is -0.621. The van der Waals surface area contributed by atoms with E-state index >= 15 is 0 Å². The van der Waals surface area contributed by atoms with Gasteiger partial charge in [0, 0.05) is 11.4 Å². The lowest BCUT2D eigenvalue weighted by Gasteiger charge is -2.11. The standard InChI is InChI=1S/C20H22N2O5/c1-12-5-13(2)7-16(6-12)21-11-18(23)22-17-9-14(19(24)26-3)8-15(10-17)20(25)27-4/h5-10,21H,11H2,1-4H3,(H,22,23). The van der Waals surface area contributed by atoms with Gasteiger partial charge in [0.25, 0.3) is 0 Å². The molecule has 0 aromatic heterocycles. The lowest BCUT2D eigenvalue weighted by molar-refractivity contribution is -0.114. The average Bonchev–Trinajstić information content (AvgIpc) is 2.64. The van der Waals surface area contributed by atoms with Gasteiger partial charge in [-0.25, -0.2) is 9.59 Å². The predicted molar refractivity (Wildman–Crippen MR) is 102 cm³/mol. The second kappa shape index (κ2) is 8.84. The predicted octanol–water partition coefficient (Wildman–Crippen LogP) is 2.93. The number of carbonyl (C=O) groups excluding carboxylic acids is 3. The SMILES string of the molecule is COC(=O)c1cc(NC(=O)CNc2cc(C)cc(C)c2)cc(C(=O)OC)c1. The summed E-state index contributed by atoms with van der Waals surface area (Å²) in [6.07, 6.45) is 0. The first-order chi connectivity index (χ1) is 12.8. The van der Waals surface area contributed by atoms with Gasteiger partial charge in [0.2, 0.25) is 5.91 Å². The molecule has 2 aromatic rings. The van der Waals surface area contributed by atoms with Gasteiger partial charge in [-0.2, -0.15) is 0 Å². The Morgan fingerprint density at radius 1 is 0.778 bits per heavy atom. The minimum Gasteiger partial charge on any atom is -0.465 e. The molecule has 0 unspecified atom stereocenters. The van der Waals surface area contributed by atoms with Crippen molar-refractivity contribution in [3.05, 3.63) is 58.7 Å². The van der Waals surface area contributed by atoms with Crippen LogP contribution in [-0.2, 0) is 14.3 Å². The Labute approximate surface area is 157 Å². The first kappa shape index (κ1) is 20.0. The van der Waals surface area contributed by atoms with E-state index in [1.807, 2.05) is 32.0 Å². The van der Waals surface area contributed by atoms with Crippen molar-refractivity contribution in [1.82, 2.24) is 0 Å². The number of methoxy groups -OCH3 is 2. The molecule has 0 atom stereocenters. The van der Waals surface area contributed by atoms with Crippen LogP contribution in [0.2, 0.25) is 0 Å². The van der Waals surface area contributed by atoms with E-state index in [2.05, 4.69) is 20.1 Å². The van der Waals surface area contributed by atoms with Crippen molar-refractivity contribution in [2.75, 3.05) is 31.4 Å². The highest BCUT2D eigenvalue weighted by Crippen LogP contribution is 2.18. The van der Waals surface area contributed by atoms with E-state index < -0.39 is 11.9 Å². The summed E-state index contributed by atoms with van der Waals surface area (Å²) in [6.45, 7) is 3.98. The Kier molecular flexibility index (Phi) is 6.54. The Morgan fingerprint density at radius 2 is 1.30 bits per heavy atom. The summed E-state index contributed by atoms with van der Waals surface area (Å²) in [7, 11) is 2.47. The number of benzene rings is 2. The molecule has 0 radical (unpaired) electrons. The third-order valence-electron chi connectivity index (χ3n) is 3.73. The highest BCUT2D eigenvalue weighted by molar-refractivity contribution is 6.00. The molecular formula is C20H22N2O5. The molecule has 7 heteroatoms. The van der Waals surface area contributed by atoms with Crippen molar-refractivity contribution < 1.29 is 23.9 Å². The van der Waals surface area contributed by atoms with Gasteiger partial charge in [0.15, 0.2) is 0 Å². The topological polar surface area (TPSA) is 93.7 Å². The van der Waals surface area contributed by atoms with Gasteiger partial charge in [-0.1, -0.05) is 6.07 Å². The van der Waals surface area contributed by atoms with Crippen LogP contribution < -0.4 is 10.6 Å². The number of ether oxygens (including phenoxy) is 2. The molecule has 2 aromatic carbocycles. The third kappa shape index (κ3) is 5.57. The summed E-state index contributed by atoms with van der Waals surface area (Å²) in [5, 5.41) is 5.71. The number of nitrogens with one attached hydrogen (secondary N) is 2. The maximum Gasteiger partial charge on any atom is 0.337 e. The number of hydrogen-bond donors (Lipinski definition) is 2. The lowest BCUT2D eigenvalue weighted by atomic mass is 10.1. The normalized spacial score (nSPS) is 10.1. The fourth-order valence-corrected chi connectivity index (χ4v) is 2.64. The zero-order chi connectivity index (χ0) is 20.0. The van der Waals surface area contributed by atoms with Crippen molar-refractivity contribution in [2.45, 2.75) is 13.8 Å². The number of aryl methyl sites for hydroxylation is 2. The Balaban J connectivity index is 2.13. The maximum atomic E-state index is 12.3. The molecule has 2 rings (SSSR count). The van der Waals surface area contributed by atoms with Crippen LogP contribution in [0.5, 0.6) is 0 Å². The molecule has 142 valence electrons. The molecule has 0 saturated carbocycles. The number of amides is 1. The van der Waals surface area contributed by atoms with Gasteiger partial charge < -0.3 is 20.1 Å². The summed E-state index contributed by atoms with van der Waals surface area (Å²) >= 11 is 0. The second-order valence-electron chi connectivity index (χ2n) is 6.06. The molecule has 0 heterocycles. The summed E-state index contributed by atoms with van der Waals surface area (Å²) < 4.78 is 9.35. The first-order valence-corrected chi connectivity index (χ1v) is 8.26. The first-order valence-electron chi connectivity index (χ1n) is 8.26.